The Hall–Kier alpha value is -0.870. The predicted octanol–water partition coefficient (Wildman–Crippen LogP) is 3.72. The lowest BCUT2D eigenvalue weighted by molar-refractivity contribution is 0.295. The maximum atomic E-state index is 5.80. The van der Waals surface area contributed by atoms with Crippen LogP contribution >= 0.6 is 11.8 Å². The standard InChI is InChI=1S/C16H27NO2S/c1-5-20-10-6-9-19-15-8-7-14(11-16(15)18-4)12-17-13(2)3/h7-8,11,13,17H,5-6,9-10,12H2,1-4H3. The largest absolute Gasteiger partial charge is 0.493 e. The SMILES string of the molecule is CCSCCCOc1ccc(CNC(C)C)cc1OC. The third-order valence-electron chi connectivity index (χ3n) is 2.84. The molecule has 0 radical (unpaired) electrons. The normalized spacial score (nSPS) is 10.8. The van der Waals surface area contributed by atoms with Crippen molar-refractivity contribution in [2.24, 2.45) is 0 Å². The summed E-state index contributed by atoms with van der Waals surface area (Å²) in [5.74, 6) is 3.97. The molecule has 0 aliphatic heterocycles. The molecule has 0 unspecified atom stereocenters. The molecular formula is C16H27NO2S. The highest BCUT2D eigenvalue weighted by atomic mass is 32.2. The van der Waals surface area contributed by atoms with Crippen LogP contribution in [-0.2, 0) is 6.54 Å². The van der Waals surface area contributed by atoms with Crippen molar-refractivity contribution in [2.45, 2.75) is 39.8 Å². The Bertz CT molecular complexity index is 383. The Labute approximate surface area is 127 Å². The van der Waals surface area contributed by atoms with Crippen LogP contribution in [0.3, 0.4) is 0 Å². The van der Waals surface area contributed by atoms with Gasteiger partial charge in [0.1, 0.15) is 0 Å². The van der Waals surface area contributed by atoms with Crippen LogP contribution in [-0.4, -0.2) is 31.3 Å². The first-order chi connectivity index (χ1) is 9.67. The molecule has 0 spiro atoms. The molecule has 114 valence electrons. The molecule has 0 saturated carbocycles. The van der Waals surface area contributed by atoms with E-state index in [1.54, 1.807) is 7.11 Å². The van der Waals surface area contributed by atoms with Crippen LogP contribution in [0.25, 0.3) is 0 Å². The fraction of sp³-hybridized carbons (Fsp3) is 0.625. The summed E-state index contributed by atoms with van der Waals surface area (Å²) in [5.41, 5.74) is 1.21. The molecule has 0 aliphatic carbocycles. The van der Waals surface area contributed by atoms with E-state index in [0.717, 1.165) is 36.8 Å². The lowest BCUT2D eigenvalue weighted by Gasteiger charge is -2.13. The van der Waals surface area contributed by atoms with Gasteiger partial charge in [0.25, 0.3) is 0 Å². The molecule has 0 atom stereocenters. The molecular weight excluding hydrogens is 270 g/mol. The van der Waals surface area contributed by atoms with Gasteiger partial charge in [-0.05, 0) is 35.6 Å². The average molecular weight is 297 g/mol. The quantitative estimate of drug-likeness (QED) is 0.667. The van der Waals surface area contributed by atoms with Gasteiger partial charge in [-0.15, -0.1) is 0 Å². The second kappa shape index (κ2) is 9.94. The van der Waals surface area contributed by atoms with Gasteiger partial charge in [0.05, 0.1) is 13.7 Å². The number of rotatable bonds is 10. The zero-order valence-electron chi connectivity index (χ0n) is 13.1. The first kappa shape index (κ1) is 17.2. The highest BCUT2D eigenvalue weighted by Crippen LogP contribution is 2.28. The Kier molecular flexibility index (Phi) is 8.54. The van der Waals surface area contributed by atoms with Crippen molar-refractivity contribution >= 4 is 11.8 Å². The van der Waals surface area contributed by atoms with Crippen molar-refractivity contribution in [3.63, 3.8) is 0 Å². The molecule has 20 heavy (non-hydrogen) atoms. The van der Waals surface area contributed by atoms with Crippen molar-refractivity contribution in [3.05, 3.63) is 23.8 Å². The monoisotopic (exact) mass is 297 g/mol. The first-order valence-electron chi connectivity index (χ1n) is 7.28. The summed E-state index contributed by atoms with van der Waals surface area (Å²) in [7, 11) is 1.69. The first-order valence-corrected chi connectivity index (χ1v) is 8.43. The zero-order valence-corrected chi connectivity index (χ0v) is 13.9. The number of ether oxygens (including phenoxy) is 2. The summed E-state index contributed by atoms with van der Waals surface area (Å²) < 4.78 is 11.2. The van der Waals surface area contributed by atoms with Gasteiger partial charge in [0.15, 0.2) is 11.5 Å². The number of methoxy groups -OCH3 is 1. The summed E-state index contributed by atoms with van der Waals surface area (Å²) in [4.78, 5) is 0. The van der Waals surface area contributed by atoms with Crippen LogP contribution in [0.4, 0.5) is 0 Å². The van der Waals surface area contributed by atoms with Crippen LogP contribution in [0.5, 0.6) is 11.5 Å². The average Bonchev–Trinajstić information content (AvgIpc) is 2.45. The van der Waals surface area contributed by atoms with Gasteiger partial charge in [0.2, 0.25) is 0 Å². The topological polar surface area (TPSA) is 30.5 Å². The van der Waals surface area contributed by atoms with E-state index in [2.05, 4.69) is 32.2 Å². The van der Waals surface area contributed by atoms with Crippen LogP contribution in [0.1, 0.15) is 32.8 Å². The van der Waals surface area contributed by atoms with Gasteiger partial charge in [0, 0.05) is 12.6 Å². The maximum Gasteiger partial charge on any atom is 0.161 e. The summed E-state index contributed by atoms with van der Waals surface area (Å²) in [6, 6.07) is 6.62. The van der Waals surface area contributed by atoms with E-state index in [9.17, 15) is 0 Å². The molecule has 1 rings (SSSR count). The minimum Gasteiger partial charge on any atom is -0.493 e. The third kappa shape index (κ3) is 6.53. The fourth-order valence-corrected chi connectivity index (χ4v) is 2.36. The molecule has 1 aromatic rings. The Morgan fingerprint density at radius 3 is 2.70 bits per heavy atom. The molecule has 0 bridgehead atoms. The molecule has 4 heteroatoms. The van der Waals surface area contributed by atoms with Gasteiger partial charge in [-0.1, -0.05) is 26.8 Å². The minimum absolute atomic E-state index is 0.480. The summed E-state index contributed by atoms with van der Waals surface area (Å²) >= 11 is 1.95. The summed E-state index contributed by atoms with van der Waals surface area (Å²) in [6.07, 6.45) is 1.07. The van der Waals surface area contributed by atoms with E-state index < -0.39 is 0 Å². The predicted molar refractivity (Wildman–Crippen MR) is 88.1 cm³/mol. The highest BCUT2D eigenvalue weighted by molar-refractivity contribution is 7.99. The Balaban J connectivity index is 2.50. The number of nitrogens with one attached hydrogen (secondary N) is 1. The van der Waals surface area contributed by atoms with Crippen molar-refractivity contribution in [1.82, 2.24) is 5.32 Å². The maximum absolute atomic E-state index is 5.80. The number of hydrogen-bond donors (Lipinski definition) is 1. The van der Waals surface area contributed by atoms with Gasteiger partial charge in [-0.3, -0.25) is 0 Å². The minimum atomic E-state index is 0.480. The number of thioether (sulfide) groups is 1. The smallest absolute Gasteiger partial charge is 0.161 e. The Morgan fingerprint density at radius 2 is 2.05 bits per heavy atom. The van der Waals surface area contributed by atoms with Crippen molar-refractivity contribution in [1.29, 1.82) is 0 Å². The summed E-state index contributed by atoms with van der Waals surface area (Å²) in [6.45, 7) is 8.05. The van der Waals surface area contributed by atoms with E-state index in [1.807, 2.05) is 23.9 Å². The van der Waals surface area contributed by atoms with Crippen LogP contribution < -0.4 is 14.8 Å². The van der Waals surface area contributed by atoms with Gasteiger partial charge < -0.3 is 14.8 Å². The van der Waals surface area contributed by atoms with Gasteiger partial charge in [-0.25, -0.2) is 0 Å². The zero-order chi connectivity index (χ0) is 14.8. The molecule has 0 saturated heterocycles. The Morgan fingerprint density at radius 1 is 1.25 bits per heavy atom. The van der Waals surface area contributed by atoms with Gasteiger partial charge in [-0.2, -0.15) is 11.8 Å². The van der Waals surface area contributed by atoms with Crippen LogP contribution in [0, 0.1) is 0 Å². The lowest BCUT2D eigenvalue weighted by Crippen LogP contribution is -2.21. The molecule has 0 aliphatic rings. The lowest BCUT2D eigenvalue weighted by atomic mass is 10.2. The third-order valence-corrected chi connectivity index (χ3v) is 3.82. The number of benzene rings is 1. The molecule has 0 heterocycles. The van der Waals surface area contributed by atoms with Crippen molar-refractivity contribution in [3.8, 4) is 11.5 Å². The number of hydrogen-bond acceptors (Lipinski definition) is 4. The molecule has 1 aromatic carbocycles. The summed E-state index contributed by atoms with van der Waals surface area (Å²) in [5, 5.41) is 3.40. The van der Waals surface area contributed by atoms with Gasteiger partial charge >= 0.3 is 0 Å². The van der Waals surface area contributed by atoms with Crippen molar-refractivity contribution < 1.29 is 9.47 Å². The molecule has 0 aromatic heterocycles. The van der Waals surface area contributed by atoms with E-state index >= 15 is 0 Å². The van der Waals surface area contributed by atoms with E-state index in [1.165, 1.54) is 11.3 Å². The second-order valence-electron chi connectivity index (χ2n) is 4.92. The van der Waals surface area contributed by atoms with E-state index in [4.69, 9.17) is 9.47 Å². The molecule has 0 fully saturated rings. The molecule has 3 nitrogen and oxygen atoms in total. The van der Waals surface area contributed by atoms with E-state index in [-0.39, 0.29) is 0 Å². The van der Waals surface area contributed by atoms with Crippen LogP contribution in [0.15, 0.2) is 18.2 Å². The fourth-order valence-electron chi connectivity index (χ4n) is 1.75. The van der Waals surface area contributed by atoms with E-state index in [0.29, 0.717) is 6.04 Å². The highest BCUT2D eigenvalue weighted by Gasteiger charge is 2.06. The van der Waals surface area contributed by atoms with Crippen LogP contribution in [0.2, 0.25) is 0 Å². The second-order valence-corrected chi connectivity index (χ2v) is 6.31. The molecule has 0 amide bonds. The molecule has 1 N–H and O–H groups in total. The van der Waals surface area contributed by atoms with Crippen molar-refractivity contribution in [2.75, 3.05) is 25.2 Å².